The monoisotopic (exact) mass is 392 g/mol. The van der Waals surface area contributed by atoms with Crippen LogP contribution < -0.4 is 0 Å². The van der Waals surface area contributed by atoms with Gasteiger partial charge in [-0.25, -0.2) is 0 Å². The van der Waals surface area contributed by atoms with Crippen LogP contribution in [0.4, 0.5) is 0 Å². The Labute approximate surface area is 168 Å². The van der Waals surface area contributed by atoms with Crippen molar-refractivity contribution in [3.63, 3.8) is 0 Å². The molecule has 0 amide bonds. The Kier molecular flexibility index (Phi) is 5.26. The molecule has 158 valence electrons. The Balaban J connectivity index is 1.54. The molecule has 0 spiro atoms. The fourth-order valence-electron chi connectivity index (χ4n) is 8.01. The van der Waals surface area contributed by atoms with Crippen LogP contribution in [0.1, 0.15) is 78.6 Å². The molecule has 28 heavy (non-hydrogen) atoms. The average molecular weight is 393 g/mol. The Morgan fingerprint density at radius 2 is 1.68 bits per heavy atom. The summed E-state index contributed by atoms with van der Waals surface area (Å²) in [5.74, 6) is 1.86. The second-order valence-corrected chi connectivity index (χ2v) is 10.3. The fraction of sp³-hybridized carbons (Fsp3) is 0.913. The van der Waals surface area contributed by atoms with Gasteiger partial charge in [0.15, 0.2) is 0 Å². The zero-order valence-electron chi connectivity index (χ0n) is 17.6. The zero-order valence-corrected chi connectivity index (χ0v) is 17.6. The van der Waals surface area contributed by atoms with Crippen LogP contribution in [0.2, 0.25) is 0 Å². The molecule has 0 aromatic carbocycles. The number of aliphatic hydroxyl groups excluding tert-OH is 1. The lowest BCUT2D eigenvalue weighted by atomic mass is 9.44. The van der Waals surface area contributed by atoms with Crippen LogP contribution in [0.25, 0.3) is 0 Å². The third kappa shape index (κ3) is 3.09. The predicted octanol–water partition coefficient (Wildman–Crippen LogP) is 3.86. The Hall–Kier alpha value is -1.10. The summed E-state index contributed by atoms with van der Waals surface area (Å²) in [7, 11) is 0. The smallest absolute Gasteiger partial charge is 0.302 e. The summed E-state index contributed by atoms with van der Waals surface area (Å²) >= 11 is 0. The van der Waals surface area contributed by atoms with Gasteiger partial charge in [-0.05, 0) is 86.9 Å². The van der Waals surface area contributed by atoms with E-state index in [1.54, 1.807) is 0 Å². The molecule has 8 atom stereocenters. The van der Waals surface area contributed by atoms with E-state index in [1.807, 2.05) is 0 Å². The van der Waals surface area contributed by atoms with Gasteiger partial charge in [0.25, 0.3) is 0 Å². The van der Waals surface area contributed by atoms with Crippen LogP contribution >= 0.6 is 0 Å². The number of rotatable bonds is 3. The van der Waals surface area contributed by atoms with Crippen molar-refractivity contribution in [2.24, 2.45) is 34.5 Å². The molecule has 4 saturated carbocycles. The maximum Gasteiger partial charge on any atom is 0.302 e. The predicted molar refractivity (Wildman–Crippen MR) is 104 cm³/mol. The van der Waals surface area contributed by atoms with E-state index in [1.165, 1.54) is 20.3 Å². The van der Waals surface area contributed by atoms with Gasteiger partial charge in [-0.3, -0.25) is 9.59 Å². The van der Waals surface area contributed by atoms with Gasteiger partial charge in [-0.2, -0.15) is 0 Å². The van der Waals surface area contributed by atoms with Crippen molar-refractivity contribution < 1.29 is 24.2 Å². The van der Waals surface area contributed by atoms with Crippen molar-refractivity contribution in [3.8, 4) is 0 Å². The molecular formula is C23H36O5. The van der Waals surface area contributed by atoms with Gasteiger partial charge in [-0.15, -0.1) is 0 Å². The molecule has 0 heterocycles. The van der Waals surface area contributed by atoms with Gasteiger partial charge < -0.3 is 14.6 Å². The summed E-state index contributed by atoms with van der Waals surface area (Å²) in [6, 6.07) is 0. The molecular weight excluding hydrogens is 356 g/mol. The molecule has 0 radical (unpaired) electrons. The van der Waals surface area contributed by atoms with Gasteiger partial charge >= 0.3 is 11.9 Å². The number of aliphatic hydroxyl groups is 1. The lowest BCUT2D eigenvalue weighted by Gasteiger charge is -2.61. The first kappa shape index (κ1) is 20.2. The second kappa shape index (κ2) is 7.30. The van der Waals surface area contributed by atoms with E-state index in [0.29, 0.717) is 23.7 Å². The molecule has 0 bridgehead atoms. The number of hydrogen-bond donors (Lipinski definition) is 1. The van der Waals surface area contributed by atoms with E-state index < -0.39 is 0 Å². The topological polar surface area (TPSA) is 72.8 Å². The van der Waals surface area contributed by atoms with Crippen molar-refractivity contribution in [1.29, 1.82) is 0 Å². The van der Waals surface area contributed by atoms with Gasteiger partial charge in [0.2, 0.25) is 0 Å². The van der Waals surface area contributed by atoms with Crippen molar-refractivity contribution in [1.82, 2.24) is 0 Å². The van der Waals surface area contributed by atoms with Crippen molar-refractivity contribution in [3.05, 3.63) is 0 Å². The molecule has 0 aromatic heterocycles. The summed E-state index contributed by atoms with van der Waals surface area (Å²) < 4.78 is 11.3. The third-order valence-corrected chi connectivity index (χ3v) is 9.16. The number of hydrogen-bond acceptors (Lipinski definition) is 5. The van der Waals surface area contributed by atoms with Gasteiger partial charge in [-0.1, -0.05) is 6.92 Å². The number of carbonyl (C=O) groups is 2. The normalized spacial score (nSPS) is 47.4. The molecule has 4 fully saturated rings. The van der Waals surface area contributed by atoms with Gasteiger partial charge in [0.1, 0.15) is 12.2 Å². The molecule has 5 nitrogen and oxygen atoms in total. The quantitative estimate of drug-likeness (QED) is 0.738. The maximum absolute atomic E-state index is 11.6. The molecule has 4 aliphatic carbocycles. The molecule has 0 saturated heterocycles. The highest BCUT2D eigenvalue weighted by atomic mass is 16.5. The molecule has 0 unspecified atom stereocenters. The summed E-state index contributed by atoms with van der Waals surface area (Å²) in [5, 5.41) is 10.6. The Bertz CT molecular complexity index is 632. The van der Waals surface area contributed by atoms with Crippen LogP contribution in [0.3, 0.4) is 0 Å². The van der Waals surface area contributed by atoms with Crippen LogP contribution in [-0.2, 0) is 19.1 Å². The highest BCUT2D eigenvalue weighted by molar-refractivity contribution is 5.66. The van der Waals surface area contributed by atoms with E-state index in [4.69, 9.17) is 9.47 Å². The first-order valence-corrected chi connectivity index (χ1v) is 11.3. The van der Waals surface area contributed by atoms with Crippen LogP contribution in [-0.4, -0.2) is 35.9 Å². The number of esters is 2. The zero-order chi connectivity index (χ0) is 20.1. The first-order valence-electron chi connectivity index (χ1n) is 11.3. The van der Waals surface area contributed by atoms with E-state index in [-0.39, 0.29) is 41.6 Å². The fourth-order valence-corrected chi connectivity index (χ4v) is 8.01. The average Bonchev–Trinajstić information content (AvgIpc) is 2.97. The summed E-state index contributed by atoms with van der Waals surface area (Å²) in [6.07, 6.45) is 9.44. The molecule has 4 aliphatic rings. The van der Waals surface area contributed by atoms with Crippen molar-refractivity contribution >= 4 is 11.9 Å². The van der Waals surface area contributed by atoms with E-state index in [0.717, 1.165) is 51.4 Å². The minimum Gasteiger partial charge on any atom is -0.463 e. The standard InChI is InChI=1S/C23H36O5/c1-14(25)27-17-8-11-23(13-24)16(12-17)4-5-18-19-6-7-21(28-15(2)26)22(19,3)10-9-20(18)23/h16-21,24H,4-13H2,1-3H3/t16-,17-,18-,19-,20-,21-,22-,23+/m0/s1. The Morgan fingerprint density at radius 3 is 2.36 bits per heavy atom. The molecule has 5 heteroatoms. The third-order valence-electron chi connectivity index (χ3n) is 9.16. The highest BCUT2D eigenvalue weighted by Gasteiger charge is 2.62. The molecule has 4 rings (SSSR count). The van der Waals surface area contributed by atoms with Crippen LogP contribution in [0.5, 0.6) is 0 Å². The van der Waals surface area contributed by atoms with E-state index >= 15 is 0 Å². The minimum atomic E-state index is -0.189. The highest BCUT2D eigenvalue weighted by Crippen LogP contribution is 2.66. The van der Waals surface area contributed by atoms with E-state index in [9.17, 15) is 14.7 Å². The molecule has 0 aliphatic heterocycles. The van der Waals surface area contributed by atoms with E-state index in [2.05, 4.69) is 6.92 Å². The summed E-state index contributed by atoms with van der Waals surface area (Å²) in [5.41, 5.74) is 0.0751. The SMILES string of the molecule is CC(=O)O[C@H]1CC[C@@]2(CO)[C@@H](CC[C@H]3[C@@H]4CC[C@H](OC(C)=O)[C@@]4(C)CC[C@@H]32)C1. The summed E-state index contributed by atoms with van der Waals surface area (Å²) in [6.45, 7) is 5.61. The van der Waals surface area contributed by atoms with Crippen LogP contribution in [0, 0.1) is 34.5 Å². The van der Waals surface area contributed by atoms with Gasteiger partial charge in [0.05, 0.1) is 0 Å². The number of carbonyl (C=O) groups excluding carboxylic acids is 2. The van der Waals surface area contributed by atoms with Crippen LogP contribution in [0.15, 0.2) is 0 Å². The lowest BCUT2D eigenvalue weighted by Crippen LogP contribution is -2.57. The second-order valence-electron chi connectivity index (χ2n) is 10.3. The number of ether oxygens (including phenoxy) is 2. The lowest BCUT2D eigenvalue weighted by molar-refractivity contribution is -0.177. The molecule has 0 aromatic rings. The number of fused-ring (bicyclic) bond motifs is 5. The maximum atomic E-state index is 11.6. The largest absolute Gasteiger partial charge is 0.463 e. The Morgan fingerprint density at radius 1 is 0.929 bits per heavy atom. The summed E-state index contributed by atoms with van der Waals surface area (Å²) in [4.78, 5) is 23.0. The van der Waals surface area contributed by atoms with Crippen molar-refractivity contribution in [2.45, 2.75) is 90.8 Å². The first-order chi connectivity index (χ1) is 13.3. The molecule has 1 N–H and O–H groups in total. The van der Waals surface area contributed by atoms with Gasteiger partial charge in [0, 0.05) is 25.9 Å². The minimum absolute atomic E-state index is 0.0135. The van der Waals surface area contributed by atoms with Crippen molar-refractivity contribution in [2.75, 3.05) is 6.61 Å².